The maximum atomic E-state index is 13.0. The molecule has 0 spiro atoms. The minimum Gasteiger partial charge on any atom is -0.351 e. The van der Waals surface area contributed by atoms with E-state index in [0.29, 0.717) is 25.3 Å². The van der Waals surface area contributed by atoms with E-state index >= 15 is 0 Å². The lowest BCUT2D eigenvalue weighted by molar-refractivity contribution is 0.0991. The highest BCUT2D eigenvalue weighted by Crippen LogP contribution is 2.28. The summed E-state index contributed by atoms with van der Waals surface area (Å²) in [7, 11) is 1.81. The molecule has 3 aromatic rings. The number of pyridine rings is 1. The Kier molecular flexibility index (Phi) is 3.12. The molecule has 1 fully saturated rings. The molecule has 0 bridgehead atoms. The second kappa shape index (κ2) is 5.38. The van der Waals surface area contributed by atoms with Crippen LogP contribution in [0.5, 0.6) is 0 Å². The Hall–Kier alpha value is -3.23. The first-order valence-corrected chi connectivity index (χ1v) is 8.33. The molecule has 1 amide bonds. The smallest absolute Gasteiger partial charge is 0.279 e. The summed E-state index contributed by atoms with van der Waals surface area (Å²) in [5.74, 6) is 0.618. The highest BCUT2D eigenvalue weighted by atomic mass is 19.1. The average molecular weight is 353 g/mol. The van der Waals surface area contributed by atoms with Crippen LogP contribution in [0.15, 0.2) is 36.9 Å². The molecule has 0 aromatic carbocycles. The summed E-state index contributed by atoms with van der Waals surface area (Å²) >= 11 is 0. The Morgan fingerprint density at radius 2 is 2.00 bits per heavy atom. The van der Waals surface area contributed by atoms with Gasteiger partial charge in [-0.1, -0.05) is 0 Å². The molecular formula is C17H16FN7O. The molecule has 26 heavy (non-hydrogen) atoms. The van der Waals surface area contributed by atoms with Crippen molar-refractivity contribution in [2.45, 2.75) is 12.7 Å². The molecule has 0 aliphatic carbocycles. The number of amides is 1. The Morgan fingerprint density at radius 3 is 2.62 bits per heavy atom. The molecule has 0 atom stereocenters. The van der Waals surface area contributed by atoms with Gasteiger partial charge in [0.15, 0.2) is 5.69 Å². The van der Waals surface area contributed by atoms with E-state index in [1.54, 1.807) is 32.9 Å². The molecule has 0 unspecified atom stereocenters. The fourth-order valence-electron chi connectivity index (χ4n) is 3.28. The number of nitrogens with zero attached hydrogens (tertiary/aromatic N) is 7. The molecule has 5 rings (SSSR count). The van der Waals surface area contributed by atoms with Crippen LogP contribution < -0.4 is 9.80 Å². The highest BCUT2D eigenvalue weighted by Gasteiger charge is 2.33. The zero-order chi connectivity index (χ0) is 17.8. The van der Waals surface area contributed by atoms with Gasteiger partial charge in [-0.15, -0.1) is 0 Å². The van der Waals surface area contributed by atoms with Crippen molar-refractivity contribution in [2.75, 3.05) is 22.9 Å². The van der Waals surface area contributed by atoms with E-state index in [1.165, 1.54) is 0 Å². The molecule has 132 valence electrons. The van der Waals surface area contributed by atoms with Gasteiger partial charge in [0.2, 0.25) is 0 Å². The average Bonchev–Trinajstić information content (AvgIpc) is 3.29. The summed E-state index contributed by atoms with van der Waals surface area (Å²) in [4.78, 5) is 20.5. The maximum Gasteiger partial charge on any atom is 0.279 e. The van der Waals surface area contributed by atoms with Crippen molar-refractivity contribution in [3.63, 3.8) is 0 Å². The Balaban J connectivity index is 1.37. The first kappa shape index (κ1) is 15.1. The summed E-state index contributed by atoms with van der Waals surface area (Å²) in [6.45, 7) is 1.25. The molecule has 0 radical (unpaired) electrons. The molecule has 0 N–H and O–H groups in total. The summed E-state index contributed by atoms with van der Waals surface area (Å²) in [5.41, 5.74) is 2.84. The fourth-order valence-corrected chi connectivity index (χ4v) is 3.28. The van der Waals surface area contributed by atoms with Gasteiger partial charge in [0.1, 0.15) is 12.0 Å². The highest BCUT2D eigenvalue weighted by molar-refractivity contribution is 6.08. The van der Waals surface area contributed by atoms with Crippen LogP contribution in [0.3, 0.4) is 0 Å². The first-order chi connectivity index (χ1) is 12.6. The summed E-state index contributed by atoms with van der Waals surface area (Å²) in [5, 5.41) is 8.54. The molecule has 1 saturated heterocycles. The second-order valence-electron chi connectivity index (χ2n) is 6.59. The normalized spacial score (nSPS) is 16.9. The maximum absolute atomic E-state index is 13.0. The van der Waals surface area contributed by atoms with Gasteiger partial charge in [-0.05, 0) is 12.1 Å². The number of aromatic nitrogens is 5. The largest absolute Gasteiger partial charge is 0.351 e. The van der Waals surface area contributed by atoms with Crippen molar-refractivity contribution >= 4 is 17.4 Å². The van der Waals surface area contributed by atoms with Crippen LogP contribution in [0.25, 0.3) is 5.69 Å². The van der Waals surface area contributed by atoms with Gasteiger partial charge < -0.3 is 4.90 Å². The van der Waals surface area contributed by atoms with Gasteiger partial charge >= 0.3 is 0 Å². The molecule has 9 heteroatoms. The van der Waals surface area contributed by atoms with Gasteiger partial charge in [-0.25, -0.2) is 14.1 Å². The number of hydrogen-bond donors (Lipinski definition) is 0. The van der Waals surface area contributed by atoms with Crippen LogP contribution in [0.2, 0.25) is 0 Å². The lowest BCUT2D eigenvalue weighted by atomic mass is 10.2. The topological polar surface area (TPSA) is 72.1 Å². The second-order valence-corrected chi connectivity index (χ2v) is 6.59. The van der Waals surface area contributed by atoms with Gasteiger partial charge in [0.25, 0.3) is 5.91 Å². The van der Waals surface area contributed by atoms with E-state index < -0.39 is 6.17 Å². The predicted molar refractivity (Wildman–Crippen MR) is 92.2 cm³/mol. The number of hydrogen-bond acceptors (Lipinski definition) is 5. The van der Waals surface area contributed by atoms with Crippen molar-refractivity contribution in [2.24, 2.45) is 7.05 Å². The number of anilines is 2. The third kappa shape index (κ3) is 2.27. The number of carbonyl (C=O) groups is 1. The van der Waals surface area contributed by atoms with E-state index in [-0.39, 0.29) is 5.91 Å². The van der Waals surface area contributed by atoms with E-state index in [4.69, 9.17) is 0 Å². The predicted octanol–water partition coefficient (Wildman–Crippen LogP) is 1.32. The van der Waals surface area contributed by atoms with Crippen LogP contribution in [-0.4, -0.2) is 49.7 Å². The number of rotatable bonds is 3. The summed E-state index contributed by atoms with van der Waals surface area (Å²) in [6.07, 6.45) is 6.24. The van der Waals surface area contributed by atoms with Crippen molar-refractivity contribution in [1.29, 1.82) is 0 Å². The molecule has 0 saturated carbocycles. The monoisotopic (exact) mass is 353 g/mol. The quantitative estimate of drug-likeness (QED) is 0.710. The number of carbonyl (C=O) groups excluding carboxylic acids is 1. The van der Waals surface area contributed by atoms with Crippen LogP contribution >= 0.6 is 0 Å². The van der Waals surface area contributed by atoms with Crippen molar-refractivity contribution < 1.29 is 9.18 Å². The molecule has 2 aliphatic rings. The zero-order valence-corrected chi connectivity index (χ0v) is 14.1. The van der Waals surface area contributed by atoms with E-state index in [1.807, 2.05) is 30.3 Å². The minimum absolute atomic E-state index is 0.133. The third-order valence-electron chi connectivity index (χ3n) is 4.73. The molecule has 5 heterocycles. The van der Waals surface area contributed by atoms with E-state index in [0.717, 1.165) is 22.8 Å². The Labute approximate surface area is 148 Å². The van der Waals surface area contributed by atoms with Crippen molar-refractivity contribution in [3.05, 3.63) is 48.2 Å². The lowest BCUT2D eigenvalue weighted by Crippen LogP contribution is -2.48. The van der Waals surface area contributed by atoms with Crippen LogP contribution in [0, 0.1) is 0 Å². The lowest BCUT2D eigenvalue weighted by Gasteiger charge is -2.35. The van der Waals surface area contributed by atoms with Gasteiger partial charge in [-0.2, -0.15) is 10.2 Å². The van der Waals surface area contributed by atoms with Crippen LogP contribution in [0.4, 0.5) is 15.9 Å². The van der Waals surface area contributed by atoms with E-state index in [9.17, 15) is 9.18 Å². The Bertz CT molecular complexity index is 987. The summed E-state index contributed by atoms with van der Waals surface area (Å²) in [6, 6.07) is 3.72. The molecule has 3 aromatic heterocycles. The van der Waals surface area contributed by atoms with Crippen LogP contribution in [-0.2, 0) is 13.6 Å². The van der Waals surface area contributed by atoms with Crippen molar-refractivity contribution in [3.8, 4) is 5.69 Å². The van der Waals surface area contributed by atoms with Gasteiger partial charge in [-0.3, -0.25) is 14.4 Å². The van der Waals surface area contributed by atoms with Gasteiger partial charge in [0.05, 0.1) is 43.4 Å². The number of alkyl halides is 1. The van der Waals surface area contributed by atoms with Crippen LogP contribution in [0.1, 0.15) is 16.1 Å². The van der Waals surface area contributed by atoms with Crippen molar-refractivity contribution in [1.82, 2.24) is 24.5 Å². The summed E-state index contributed by atoms with van der Waals surface area (Å²) < 4.78 is 16.3. The molecule has 8 nitrogen and oxygen atoms in total. The number of halogens is 1. The minimum atomic E-state index is -0.765. The first-order valence-electron chi connectivity index (χ1n) is 8.33. The SMILES string of the molecule is Cn1cc(N2Cc3cn(-c4ccc(N5CC(F)C5)nc4)nc3C2=O)cn1. The standard InChI is InChI=1S/C17H16FN7O/c1-22-10-14(5-20-22)24-6-11-7-25(21-16(11)17(24)26)13-2-3-15(19-4-13)23-8-12(18)9-23/h2-5,7,10,12H,6,8-9H2,1H3. The van der Waals surface area contributed by atoms with E-state index in [2.05, 4.69) is 15.2 Å². The third-order valence-corrected chi connectivity index (χ3v) is 4.73. The number of fused-ring (bicyclic) bond motifs is 1. The number of aryl methyl sites for hydroxylation is 1. The molecule has 2 aliphatic heterocycles. The zero-order valence-electron chi connectivity index (χ0n) is 14.1. The molecular weight excluding hydrogens is 337 g/mol. The Morgan fingerprint density at radius 1 is 1.15 bits per heavy atom. The fraction of sp³-hybridized carbons (Fsp3) is 0.294. The van der Waals surface area contributed by atoms with Gasteiger partial charge in [0, 0.05) is 25.0 Å².